The van der Waals surface area contributed by atoms with Crippen molar-refractivity contribution in [2.24, 2.45) is 0 Å². The minimum absolute atomic E-state index is 0.0516. The third-order valence-corrected chi connectivity index (χ3v) is 6.96. The van der Waals surface area contributed by atoms with Gasteiger partial charge < -0.3 is 19.1 Å². The molecule has 0 saturated carbocycles. The number of ether oxygens (including phenoxy) is 3. The smallest absolute Gasteiger partial charge is 0.410 e. The van der Waals surface area contributed by atoms with Crippen LogP contribution in [0.15, 0.2) is 84.9 Å². The van der Waals surface area contributed by atoms with E-state index in [0.29, 0.717) is 31.1 Å². The molecule has 7 heteroatoms. The molecule has 0 aromatic heterocycles. The fraction of sp³-hybridized carbons (Fsp3) is 0.394. The number of benzene rings is 3. The summed E-state index contributed by atoms with van der Waals surface area (Å²) in [7, 11) is 1.59. The minimum Gasteiger partial charge on any atom is -0.497 e. The Morgan fingerprint density at radius 3 is 1.93 bits per heavy atom. The summed E-state index contributed by atoms with van der Waals surface area (Å²) in [5.74, 6) is 0.725. The summed E-state index contributed by atoms with van der Waals surface area (Å²) in [5, 5.41) is 0. The molecular weight excluding hydrogens is 504 g/mol. The van der Waals surface area contributed by atoms with Gasteiger partial charge in [0.15, 0.2) is 0 Å². The van der Waals surface area contributed by atoms with E-state index in [4.69, 9.17) is 14.2 Å². The molecule has 1 aliphatic heterocycles. The van der Waals surface area contributed by atoms with Gasteiger partial charge in [-0.2, -0.15) is 0 Å². The van der Waals surface area contributed by atoms with E-state index in [0.717, 1.165) is 12.8 Å². The van der Waals surface area contributed by atoms with Crippen molar-refractivity contribution >= 4 is 12.1 Å². The molecule has 212 valence electrons. The third-order valence-electron chi connectivity index (χ3n) is 6.96. The number of carbonyl (C=O) groups excluding carboxylic acids is 2. The average Bonchev–Trinajstić information content (AvgIpc) is 2.93. The number of piperidine rings is 1. The summed E-state index contributed by atoms with van der Waals surface area (Å²) >= 11 is 0. The molecule has 3 aromatic rings. The maximum absolute atomic E-state index is 13.4. The number of likely N-dealkylation sites (tertiary alicyclic amines) is 1. The van der Waals surface area contributed by atoms with Gasteiger partial charge in [0.1, 0.15) is 17.1 Å². The monoisotopic (exact) mass is 544 g/mol. The summed E-state index contributed by atoms with van der Waals surface area (Å²) in [6.45, 7) is 7.47. The number of methoxy groups -OCH3 is 1. The van der Waals surface area contributed by atoms with Gasteiger partial charge in [0.2, 0.25) is 0 Å². The van der Waals surface area contributed by atoms with Crippen LogP contribution < -0.4 is 9.47 Å². The zero-order chi connectivity index (χ0) is 28.5. The Balaban J connectivity index is 1.63. The van der Waals surface area contributed by atoms with Gasteiger partial charge in [-0.3, -0.25) is 9.69 Å². The van der Waals surface area contributed by atoms with Crippen molar-refractivity contribution in [3.63, 3.8) is 0 Å². The zero-order valence-corrected chi connectivity index (χ0v) is 23.9. The number of rotatable bonds is 9. The van der Waals surface area contributed by atoms with Crippen LogP contribution in [0.25, 0.3) is 0 Å². The van der Waals surface area contributed by atoms with Crippen molar-refractivity contribution in [3.05, 3.63) is 96.1 Å². The van der Waals surface area contributed by atoms with E-state index >= 15 is 0 Å². The number of esters is 1. The number of amides is 1. The van der Waals surface area contributed by atoms with Crippen LogP contribution >= 0.6 is 0 Å². The van der Waals surface area contributed by atoms with Crippen LogP contribution in [0.4, 0.5) is 4.79 Å². The zero-order valence-electron chi connectivity index (χ0n) is 23.9. The van der Waals surface area contributed by atoms with Gasteiger partial charge in [-0.25, -0.2) is 4.79 Å². The maximum atomic E-state index is 13.4. The first-order chi connectivity index (χ1) is 19.2. The first-order valence-electron chi connectivity index (χ1n) is 13.9. The molecule has 3 aromatic carbocycles. The highest BCUT2D eigenvalue weighted by molar-refractivity contribution is 5.75. The second kappa shape index (κ2) is 13.5. The topological polar surface area (TPSA) is 68.3 Å². The predicted octanol–water partition coefficient (Wildman–Crippen LogP) is 6.46. The Labute approximate surface area is 237 Å². The molecule has 0 spiro atoms. The fourth-order valence-corrected chi connectivity index (χ4v) is 5.17. The van der Waals surface area contributed by atoms with Gasteiger partial charge in [-0.15, -0.1) is 0 Å². The van der Waals surface area contributed by atoms with E-state index in [9.17, 15) is 9.59 Å². The maximum Gasteiger partial charge on any atom is 0.410 e. The molecule has 1 aliphatic rings. The number of carbonyl (C=O) groups is 2. The van der Waals surface area contributed by atoms with Gasteiger partial charge in [0.05, 0.1) is 19.6 Å². The Kier molecular flexibility index (Phi) is 9.83. The molecule has 2 atom stereocenters. The summed E-state index contributed by atoms with van der Waals surface area (Å²) in [4.78, 5) is 30.9. The highest BCUT2D eigenvalue weighted by Gasteiger charge is 2.41. The van der Waals surface area contributed by atoms with Gasteiger partial charge in [0, 0.05) is 25.7 Å². The molecule has 0 bridgehead atoms. The number of nitrogens with zero attached hydrogens (tertiary/aromatic N) is 2. The quantitative estimate of drug-likeness (QED) is 0.227. The predicted molar refractivity (Wildman–Crippen MR) is 155 cm³/mol. The Hall–Kier alpha value is -3.84. The second-order valence-corrected chi connectivity index (χ2v) is 11.2. The van der Waals surface area contributed by atoms with E-state index in [1.54, 1.807) is 36.3 Å². The molecule has 1 saturated heterocycles. The van der Waals surface area contributed by atoms with Crippen molar-refractivity contribution in [2.45, 2.75) is 70.8 Å². The van der Waals surface area contributed by atoms with E-state index in [1.807, 2.05) is 57.2 Å². The Bertz CT molecular complexity index is 1180. The summed E-state index contributed by atoms with van der Waals surface area (Å²) in [6, 6.07) is 27.0. The lowest BCUT2D eigenvalue weighted by Crippen LogP contribution is -2.58. The highest BCUT2D eigenvalue weighted by Crippen LogP contribution is 2.30. The van der Waals surface area contributed by atoms with Gasteiger partial charge in [0.25, 0.3) is 0 Å². The summed E-state index contributed by atoms with van der Waals surface area (Å²) in [5.41, 5.74) is 1.70. The van der Waals surface area contributed by atoms with Crippen LogP contribution in [0.2, 0.25) is 0 Å². The Morgan fingerprint density at radius 1 is 0.850 bits per heavy atom. The van der Waals surface area contributed by atoms with Crippen molar-refractivity contribution in [1.29, 1.82) is 0 Å². The third kappa shape index (κ3) is 8.33. The molecule has 0 unspecified atom stereocenters. The van der Waals surface area contributed by atoms with Crippen LogP contribution in [0.5, 0.6) is 11.5 Å². The molecular formula is C33H40N2O5. The van der Waals surface area contributed by atoms with Crippen molar-refractivity contribution < 1.29 is 23.8 Å². The Morgan fingerprint density at radius 2 is 1.40 bits per heavy atom. The van der Waals surface area contributed by atoms with E-state index in [2.05, 4.69) is 29.2 Å². The molecule has 40 heavy (non-hydrogen) atoms. The number of hydrogen-bond acceptors (Lipinski definition) is 6. The largest absolute Gasteiger partial charge is 0.497 e. The van der Waals surface area contributed by atoms with Crippen LogP contribution in [0, 0.1) is 0 Å². The lowest BCUT2D eigenvalue weighted by molar-refractivity contribution is -0.137. The van der Waals surface area contributed by atoms with Crippen molar-refractivity contribution in [1.82, 2.24) is 9.80 Å². The van der Waals surface area contributed by atoms with Gasteiger partial charge >= 0.3 is 12.1 Å². The lowest BCUT2D eigenvalue weighted by atomic mass is 9.91. The van der Waals surface area contributed by atoms with Gasteiger partial charge in [-0.1, -0.05) is 60.7 Å². The minimum atomic E-state index is -0.647. The molecule has 0 N–H and O–H groups in total. The molecule has 4 rings (SSSR count). The molecule has 1 amide bonds. The molecule has 7 nitrogen and oxygen atoms in total. The number of hydrogen-bond donors (Lipinski definition) is 0. The van der Waals surface area contributed by atoms with Gasteiger partial charge in [-0.05, 0) is 69.0 Å². The van der Waals surface area contributed by atoms with Crippen molar-refractivity contribution in [3.8, 4) is 11.5 Å². The van der Waals surface area contributed by atoms with Crippen LogP contribution in [0.3, 0.4) is 0 Å². The van der Waals surface area contributed by atoms with E-state index < -0.39 is 23.7 Å². The lowest BCUT2D eigenvalue weighted by Gasteiger charge is -2.46. The second-order valence-electron chi connectivity index (χ2n) is 11.2. The van der Waals surface area contributed by atoms with Crippen LogP contribution in [-0.4, -0.2) is 53.2 Å². The molecule has 1 fully saturated rings. The molecule has 0 radical (unpaired) electrons. The first-order valence-corrected chi connectivity index (χ1v) is 13.9. The van der Waals surface area contributed by atoms with Crippen molar-refractivity contribution in [2.75, 3.05) is 13.7 Å². The summed E-state index contributed by atoms with van der Waals surface area (Å²) in [6.07, 6.45) is 1.31. The van der Waals surface area contributed by atoms with E-state index in [-0.39, 0.29) is 12.5 Å². The molecule has 0 aliphatic carbocycles. The van der Waals surface area contributed by atoms with Crippen LogP contribution in [0.1, 0.15) is 51.2 Å². The SMILES string of the molecule is COc1ccc(OC(=O)C[C@H]2[C@@H](N(Cc3ccccc3)Cc3ccccc3)CCCN2C(=O)OC(C)(C)C)cc1. The molecule has 1 heterocycles. The van der Waals surface area contributed by atoms with E-state index in [1.165, 1.54) is 11.1 Å². The first kappa shape index (κ1) is 29.2. The normalized spacial score (nSPS) is 17.4. The van der Waals surface area contributed by atoms with Crippen LogP contribution in [-0.2, 0) is 22.6 Å². The average molecular weight is 545 g/mol. The highest BCUT2D eigenvalue weighted by atomic mass is 16.6. The standard InChI is InChI=1S/C33H40N2O5/c1-33(2,3)40-32(37)35-21-11-16-29(30(35)22-31(36)39-28-19-17-27(38-4)18-20-28)34(23-25-12-7-5-8-13-25)24-26-14-9-6-10-15-26/h5-10,12-15,17-20,29-30H,11,16,21-24H2,1-4H3/t29-,30-/m0/s1. The fourth-order valence-electron chi connectivity index (χ4n) is 5.17. The summed E-state index contributed by atoms with van der Waals surface area (Å²) < 4.78 is 16.7.